The van der Waals surface area contributed by atoms with Crippen molar-refractivity contribution in [2.45, 2.75) is 33.2 Å². The van der Waals surface area contributed by atoms with Gasteiger partial charge in [0.25, 0.3) is 0 Å². The summed E-state index contributed by atoms with van der Waals surface area (Å²) in [5.41, 5.74) is 0.975. The zero-order valence-electron chi connectivity index (χ0n) is 8.09. The van der Waals surface area contributed by atoms with Crippen LogP contribution in [0.1, 0.15) is 27.2 Å². The van der Waals surface area contributed by atoms with Crippen molar-refractivity contribution >= 4 is 12.6 Å². The monoisotopic (exact) mass is 189 g/mol. The largest absolute Gasteiger partial charge is 0.511 e. The highest BCUT2D eigenvalue weighted by Gasteiger charge is 2.11. The second-order valence-electron chi connectivity index (χ2n) is 3.01. The average molecular weight is 189 g/mol. The molecule has 0 rings (SSSR count). The summed E-state index contributed by atoms with van der Waals surface area (Å²) in [7, 11) is 0. The Kier molecular flexibility index (Phi) is 6.30. The first-order valence-electron chi connectivity index (χ1n) is 4.34. The number of nitrogens with one attached hydrogen (secondary N) is 1. The van der Waals surface area contributed by atoms with E-state index in [9.17, 15) is 5.11 Å². The van der Waals surface area contributed by atoms with Gasteiger partial charge in [0.1, 0.15) is 5.76 Å². The van der Waals surface area contributed by atoms with E-state index in [1.54, 1.807) is 0 Å². The molecule has 2 N–H and O–H groups in total. The molecule has 1 atom stereocenters. The van der Waals surface area contributed by atoms with E-state index in [1.165, 1.54) is 0 Å². The van der Waals surface area contributed by atoms with Gasteiger partial charge in [-0.05, 0) is 38.1 Å². The molecule has 12 heavy (non-hydrogen) atoms. The highest BCUT2D eigenvalue weighted by Crippen LogP contribution is 2.08. The van der Waals surface area contributed by atoms with E-state index in [2.05, 4.69) is 17.9 Å². The Morgan fingerprint density at radius 1 is 1.50 bits per heavy atom. The second-order valence-corrected chi connectivity index (χ2v) is 3.45. The molecule has 1 unspecified atom stereocenters. The standard InChI is InChI=1S/C9H19NOS/c1-4-10-8(5-6-12)9(11)7(2)3/h8,10-12H,4-6H2,1-3H3. The average Bonchev–Trinajstić information content (AvgIpc) is 2.03. The quantitative estimate of drug-likeness (QED) is 0.457. The zero-order valence-corrected chi connectivity index (χ0v) is 8.99. The van der Waals surface area contributed by atoms with Crippen molar-refractivity contribution in [3.8, 4) is 0 Å². The Morgan fingerprint density at radius 2 is 2.08 bits per heavy atom. The number of likely N-dealkylation sites (N-methyl/N-ethyl adjacent to an activating group) is 1. The Bertz CT molecular complexity index is 147. The lowest BCUT2D eigenvalue weighted by molar-refractivity contribution is 0.332. The van der Waals surface area contributed by atoms with E-state index >= 15 is 0 Å². The summed E-state index contributed by atoms with van der Waals surface area (Å²) < 4.78 is 0. The minimum absolute atomic E-state index is 0.0810. The minimum Gasteiger partial charge on any atom is -0.511 e. The smallest absolute Gasteiger partial charge is 0.108 e. The summed E-state index contributed by atoms with van der Waals surface area (Å²) in [4.78, 5) is 0. The normalized spacial score (nSPS) is 12.7. The third-order valence-corrected chi connectivity index (χ3v) is 1.97. The fourth-order valence-electron chi connectivity index (χ4n) is 1.06. The molecule has 0 heterocycles. The van der Waals surface area contributed by atoms with Gasteiger partial charge in [0, 0.05) is 0 Å². The molecule has 0 aromatic rings. The number of hydrogen-bond acceptors (Lipinski definition) is 3. The number of aliphatic hydroxyl groups excluding tert-OH is 1. The molecule has 0 saturated heterocycles. The van der Waals surface area contributed by atoms with Crippen molar-refractivity contribution < 1.29 is 5.11 Å². The first-order valence-corrected chi connectivity index (χ1v) is 4.97. The molecule has 0 spiro atoms. The molecule has 0 saturated carbocycles. The summed E-state index contributed by atoms with van der Waals surface area (Å²) in [6.45, 7) is 6.73. The molecule has 0 bridgehead atoms. The molecule has 0 fully saturated rings. The van der Waals surface area contributed by atoms with E-state index in [-0.39, 0.29) is 6.04 Å². The summed E-state index contributed by atoms with van der Waals surface area (Å²) >= 11 is 4.14. The third kappa shape index (κ3) is 4.02. The van der Waals surface area contributed by atoms with Gasteiger partial charge in [-0.15, -0.1) is 0 Å². The molecule has 0 aromatic carbocycles. The molecule has 0 aromatic heterocycles. The lowest BCUT2D eigenvalue weighted by atomic mass is 10.1. The molecular formula is C9H19NOS. The van der Waals surface area contributed by atoms with Crippen LogP contribution in [-0.2, 0) is 0 Å². The molecule has 2 nitrogen and oxygen atoms in total. The zero-order chi connectivity index (χ0) is 9.56. The molecular weight excluding hydrogens is 170 g/mol. The fourth-order valence-corrected chi connectivity index (χ4v) is 1.32. The topological polar surface area (TPSA) is 32.3 Å². The van der Waals surface area contributed by atoms with Crippen molar-refractivity contribution in [1.29, 1.82) is 0 Å². The third-order valence-electron chi connectivity index (χ3n) is 1.71. The van der Waals surface area contributed by atoms with Gasteiger partial charge in [-0.2, -0.15) is 12.6 Å². The van der Waals surface area contributed by atoms with Gasteiger partial charge in [-0.1, -0.05) is 6.92 Å². The maximum absolute atomic E-state index is 9.63. The number of thiol groups is 1. The highest BCUT2D eigenvalue weighted by molar-refractivity contribution is 7.80. The van der Waals surface area contributed by atoms with Crippen molar-refractivity contribution in [2.24, 2.45) is 0 Å². The van der Waals surface area contributed by atoms with Crippen LogP contribution >= 0.6 is 12.6 Å². The van der Waals surface area contributed by atoms with Crippen molar-refractivity contribution in [3.63, 3.8) is 0 Å². The van der Waals surface area contributed by atoms with Crippen LogP contribution in [0.2, 0.25) is 0 Å². The minimum atomic E-state index is 0.0810. The van der Waals surface area contributed by atoms with E-state index in [0.29, 0.717) is 5.76 Å². The molecule has 0 aliphatic carbocycles. The van der Waals surface area contributed by atoms with Gasteiger partial charge in [0.05, 0.1) is 6.04 Å². The van der Waals surface area contributed by atoms with Gasteiger partial charge in [-0.3, -0.25) is 0 Å². The van der Waals surface area contributed by atoms with Gasteiger partial charge >= 0.3 is 0 Å². The van der Waals surface area contributed by atoms with Crippen LogP contribution in [-0.4, -0.2) is 23.4 Å². The van der Waals surface area contributed by atoms with E-state index in [4.69, 9.17) is 0 Å². The summed E-state index contributed by atoms with van der Waals surface area (Å²) in [5, 5.41) is 12.8. The first kappa shape index (κ1) is 11.8. The maximum Gasteiger partial charge on any atom is 0.108 e. The van der Waals surface area contributed by atoms with Crippen LogP contribution in [0.25, 0.3) is 0 Å². The molecule has 3 heteroatoms. The fraction of sp³-hybridized carbons (Fsp3) is 0.778. The van der Waals surface area contributed by atoms with Crippen LogP contribution in [0.5, 0.6) is 0 Å². The molecule has 0 amide bonds. The summed E-state index contributed by atoms with van der Waals surface area (Å²) in [5.74, 6) is 1.25. The Labute approximate surface area is 80.5 Å². The van der Waals surface area contributed by atoms with Crippen molar-refractivity contribution in [3.05, 3.63) is 11.3 Å². The number of allylic oxidation sites excluding steroid dienone is 1. The van der Waals surface area contributed by atoms with Gasteiger partial charge in [0.15, 0.2) is 0 Å². The number of rotatable bonds is 5. The molecule has 0 radical (unpaired) electrons. The SMILES string of the molecule is CCNC(CCS)C(O)=C(C)C. The first-order chi connectivity index (χ1) is 5.63. The van der Waals surface area contributed by atoms with Gasteiger partial charge in [0.2, 0.25) is 0 Å². The van der Waals surface area contributed by atoms with Crippen LogP contribution in [0, 0.1) is 0 Å². The predicted octanol–water partition coefficient (Wildman–Crippen LogP) is 2.14. The number of aliphatic hydroxyl groups is 1. The summed E-state index contributed by atoms with van der Waals surface area (Å²) in [6, 6.07) is 0.0810. The molecule has 0 aliphatic heterocycles. The molecule has 72 valence electrons. The van der Waals surface area contributed by atoms with E-state index in [1.807, 2.05) is 20.8 Å². The maximum atomic E-state index is 9.63. The second kappa shape index (κ2) is 6.38. The summed E-state index contributed by atoms with van der Waals surface area (Å²) in [6.07, 6.45) is 0.869. The van der Waals surface area contributed by atoms with Gasteiger partial charge in [-0.25, -0.2) is 0 Å². The Hall–Kier alpha value is -0.150. The predicted molar refractivity (Wildman–Crippen MR) is 56.9 cm³/mol. The lowest BCUT2D eigenvalue weighted by Crippen LogP contribution is -2.31. The van der Waals surface area contributed by atoms with E-state index in [0.717, 1.165) is 24.3 Å². The van der Waals surface area contributed by atoms with Crippen LogP contribution in [0.3, 0.4) is 0 Å². The highest BCUT2D eigenvalue weighted by atomic mass is 32.1. The van der Waals surface area contributed by atoms with Crippen LogP contribution < -0.4 is 5.32 Å². The number of hydrogen-bond donors (Lipinski definition) is 3. The molecule has 0 aliphatic rings. The van der Waals surface area contributed by atoms with Crippen LogP contribution in [0.15, 0.2) is 11.3 Å². The van der Waals surface area contributed by atoms with Gasteiger partial charge < -0.3 is 10.4 Å². The van der Waals surface area contributed by atoms with Crippen molar-refractivity contribution in [2.75, 3.05) is 12.3 Å². The van der Waals surface area contributed by atoms with Crippen LogP contribution in [0.4, 0.5) is 0 Å². The lowest BCUT2D eigenvalue weighted by Gasteiger charge is -2.17. The van der Waals surface area contributed by atoms with E-state index < -0.39 is 0 Å². The Balaban J connectivity index is 4.19. The van der Waals surface area contributed by atoms with Crippen molar-refractivity contribution in [1.82, 2.24) is 5.32 Å². The Morgan fingerprint density at radius 3 is 2.42 bits per heavy atom.